The van der Waals surface area contributed by atoms with Crippen LogP contribution in [0.3, 0.4) is 0 Å². The van der Waals surface area contributed by atoms with E-state index in [0.29, 0.717) is 18.5 Å². The van der Waals surface area contributed by atoms with Gasteiger partial charge in [-0.1, -0.05) is 26.0 Å². The third-order valence-corrected chi connectivity index (χ3v) is 4.32. The molecule has 1 saturated heterocycles. The Morgan fingerprint density at radius 3 is 2.33 bits per heavy atom. The number of rotatable bonds is 4. The van der Waals surface area contributed by atoms with Crippen LogP contribution in [-0.2, 0) is 21.2 Å². The number of piperidine rings is 1. The third-order valence-electron chi connectivity index (χ3n) is 4.32. The van der Waals surface area contributed by atoms with Crippen molar-refractivity contribution in [3.05, 3.63) is 35.4 Å². The van der Waals surface area contributed by atoms with E-state index in [9.17, 15) is 22.8 Å². The molecule has 0 bridgehead atoms. The van der Waals surface area contributed by atoms with Crippen LogP contribution in [0.2, 0.25) is 0 Å². The predicted octanol–water partition coefficient (Wildman–Crippen LogP) is 2.63. The number of hydrogen-bond donors (Lipinski definition) is 2. The zero-order valence-corrected chi connectivity index (χ0v) is 13.7. The summed E-state index contributed by atoms with van der Waals surface area (Å²) >= 11 is 0. The molecule has 1 atom stereocenters. The largest absolute Gasteiger partial charge is 0.416 e. The first-order chi connectivity index (χ1) is 11.1. The smallest absolute Gasteiger partial charge is 0.356 e. The van der Waals surface area contributed by atoms with E-state index in [-0.39, 0.29) is 30.7 Å². The van der Waals surface area contributed by atoms with Crippen molar-refractivity contribution in [1.82, 2.24) is 10.6 Å². The molecule has 132 valence electrons. The normalized spacial score (nSPS) is 18.9. The molecule has 1 heterocycles. The summed E-state index contributed by atoms with van der Waals surface area (Å²) in [4.78, 5) is 23.5. The maximum Gasteiger partial charge on any atom is 0.416 e. The first-order valence-electron chi connectivity index (χ1n) is 7.82. The van der Waals surface area contributed by atoms with Crippen LogP contribution < -0.4 is 10.6 Å². The molecular weight excluding hydrogens is 321 g/mol. The summed E-state index contributed by atoms with van der Waals surface area (Å²) in [7, 11) is 0. The standard InChI is InChI=1S/C17H21F3N2O2/c1-16(2,12-3-5-13(6-4-12)17(18,19)20)10-22-15(24)11-7-8-21-14(23)9-11/h3-6,11H,7-10H2,1-2H3,(H,21,23)(H,22,24). The summed E-state index contributed by atoms with van der Waals surface area (Å²) in [5.74, 6) is -0.671. The van der Waals surface area contributed by atoms with E-state index in [1.807, 2.05) is 13.8 Å². The van der Waals surface area contributed by atoms with Gasteiger partial charge in [-0.3, -0.25) is 9.59 Å². The Bertz CT molecular complexity index is 609. The van der Waals surface area contributed by atoms with E-state index in [1.54, 1.807) is 0 Å². The number of nitrogens with one attached hydrogen (secondary N) is 2. The first-order valence-corrected chi connectivity index (χ1v) is 7.82. The van der Waals surface area contributed by atoms with Crippen molar-refractivity contribution in [2.75, 3.05) is 13.1 Å². The monoisotopic (exact) mass is 342 g/mol. The summed E-state index contributed by atoms with van der Waals surface area (Å²) in [6.07, 6.45) is -3.59. The second-order valence-corrected chi connectivity index (χ2v) is 6.72. The van der Waals surface area contributed by atoms with Gasteiger partial charge in [0, 0.05) is 30.8 Å². The van der Waals surface area contributed by atoms with Crippen LogP contribution >= 0.6 is 0 Å². The first kappa shape index (κ1) is 18.3. The molecule has 1 unspecified atom stereocenters. The number of benzene rings is 1. The Kier molecular flexibility index (Phi) is 5.20. The second-order valence-electron chi connectivity index (χ2n) is 6.72. The highest BCUT2D eigenvalue weighted by atomic mass is 19.4. The van der Waals surface area contributed by atoms with E-state index >= 15 is 0 Å². The number of halogens is 3. The van der Waals surface area contributed by atoms with Gasteiger partial charge >= 0.3 is 6.18 Å². The highest BCUT2D eigenvalue weighted by Crippen LogP contribution is 2.31. The van der Waals surface area contributed by atoms with Crippen molar-refractivity contribution >= 4 is 11.8 Å². The molecule has 1 aromatic rings. The molecule has 2 rings (SSSR count). The van der Waals surface area contributed by atoms with Gasteiger partial charge in [0.25, 0.3) is 0 Å². The van der Waals surface area contributed by atoms with Gasteiger partial charge < -0.3 is 10.6 Å². The quantitative estimate of drug-likeness (QED) is 0.884. The molecule has 0 aromatic heterocycles. The molecule has 0 aliphatic carbocycles. The zero-order chi connectivity index (χ0) is 18.0. The molecule has 7 heteroatoms. The Labute approximate surface area is 138 Å². The van der Waals surface area contributed by atoms with Gasteiger partial charge in [-0.25, -0.2) is 0 Å². The average Bonchev–Trinajstić information content (AvgIpc) is 2.52. The molecule has 2 N–H and O–H groups in total. The summed E-state index contributed by atoms with van der Waals surface area (Å²) < 4.78 is 37.9. The average molecular weight is 342 g/mol. The number of amides is 2. The fourth-order valence-electron chi connectivity index (χ4n) is 2.67. The maximum atomic E-state index is 12.6. The van der Waals surface area contributed by atoms with E-state index in [4.69, 9.17) is 0 Å². The van der Waals surface area contributed by atoms with Gasteiger partial charge in [0.2, 0.25) is 11.8 Å². The highest BCUT2D eigenvalue weighted by molar-refractivity contribution is 5.86. The van der Waals surface area contributed by atoms with E-state index in [0.717, 1.165) is 12.1 Å². The Morgan fingerprint density at radius 1 is 1.21 bits per heavy atom. The van der Waals surface area contributed by atoms with Gasteiger partial charge in [0.15, 0.2) is 0 Å². The lowest BCUT2D eigenvalue weighted by Gasteiger charge is -2.28. The number of carbonyl (C=O) groups is 2. The van der Waals surface area contributed by atoms with Crippen LogP contribution in [-0.4, -0.2) is 24.9 Å². The van der Waals surface area contributed by atoms with Crippen LogP contribution in [0, 0.1) is 5.92 Å². The SMILES string of the molecule is CC(C)(CNC(=O)C1CCNC(=O)C1)c1ccc(C(F)(F)F)cc1. The lowest BCUT2D eigenvalue weighted by Crippen LogP contribution is -2.44. The molecule has 24 heavy (non-hydrogen) atoms. The van der Waals surface area contributed by atoms with Crippen LogP contribution in [0.5, 0.6) is 0 Å². The van der Waals surface area contributed by atoms with Crippen LogP contribution in [0.25, 0.3) is 0 Å². The van der Waals surface area contributed by atoms with Gasteiger partial charge in [-0.2, -0.15) is 13.2 Å². The van der Waals surface area contributed by atoms with Gasteiger partial charge in [-0.15, -0.1) is 0 Å². The molecule has 2 amide bonds. The topological polar surface area (TPSA) is 58.2 Å². The number of hydrogen-bond acceptors (Lipinski definition) is 2. The van der Waals surface area contributed by atoms with Crippen molar-refractivity contribution in [3.8, 4) is 0 Å². The Hall–Kier alpha value is -2.05. The summed E-state index contributed by atoms with van der Waals surface area (Å²) in [6.45, 7) is 4.47. The van der Waals surface area contributed by atoms with E-state index in [2.05, 4.69) is 10.6 Å². The maximum absolute atomic E-state index is 12.6. The van der Waals surface area contributed by atoms with E-state index in [1.165, 1.54) is 12.1 Å². The van der Waals surface area contributed by atoms with Crippen LogP contribution in [0.15, 0.2) is 24.3 Å². The van der Waals surface area contributed by atoms with Gasteiger partial charge in [-0.05, 0) is 24.1 Å². The molecule has 0 saturated carbocycles. The summed E-state index contributed by atoms with van der Waals surface area (Å²) in [5.41, 5.74) is -0.507. The molecule has 1 aliphatic heterocycles. The van der Waals surface area contributed by atoms with Crippen molar-refractivity contribution in [1.29, 1.82) is 0 Å². The number of alkyl halides is 3. The second kappa shape index (κ2) is 6.83. The van der Waals surface area contributed by atoms with Crippen molar-refractivity contribution in [3.63, 3.8) is 0 Å². The minimum atomic E-state index is -4.36. The fraction of sp³-hybridized carbons (Fsp3) is 0.529. The van der Waals surface area contributed by atoms with Crippen LogP contribution in [0.4, 0.5) is 13.2 Å². The Balaban J connectivity index is 1.97. The molecule has 4 nitrogen and oxygen atoms in total. The molecule has 0 spiro atoms. The van der Waals surface area contributed by atoms with Crippen molar-refractivity contribution in [2.24, 2.45) is 5.92 Å². The minimum absolute atomic E-state index is 0.136. The highest BCUT2D eigenvalue weighted by Gasteiger charge is 2.31. The Morgan fingerprint density at radius 2 is 1.79 bits per heavy atom. The summed E-state index contributed by atoms with van der Waals surface area (Å²) in [5, 5.41) is 5.49. The molecular formula is C17H21F3N2O2. The van der Waals surface area contributed by atoms with Crippen molar-refractivity contribution in [2.45, 2.75) is 38.3 Å². The van der Waals surface area contributed by atoms with Crippen LogP contribution in [0.1, 0.15) is 37.8 Å². The number of carbonyl (C=O) groups excluding carboxylic acids is 2. The fourth-order valence-corrected chi connectivity index (χ4v) is 2.67. The van der Waals surface area contributed by atoms with Gasteiger partial charge in [0.1, 0.15) is 0 Å². The molecule has 0 radical (unpaired) electrons. The molecule has 1 fully saturated rings. The lowest BCUT2D eigenvalue weighted by molar-refractivity contribution is -0.137. The van der Waals surface area contributed by atoms with Gasteiger partial charge in [0.05, 0.1) is 5.56 Å². The third kappa shape index (κ3) is 4.49. The zero-order valence-electron chi connectivity index (χ0n) is 13.7. The molecule has 1 aromatic carbocycles. The predicted molar refractivity (Wildman–Crippen MR) is 83.2 cm³/mol. The van der Waals surface area contributed by atoms with E-state index < -0.39 is 17.2 Å². The van der Waals surface area contributed by atoms with Crippen molar-refractivity contribution < 1.29 is 22.8 Å². The summed E-state index contributed by atoms with van der Waals surface area (Å²) in [6, 6.07) is 4.96. The molecule has 1 aliphatic rings. The lowest BCUT2D eigenvalue weighted by atomic mass is 9.84. The minimum Gasteiger partial charge on any atom is -0.356 e.